The molecule has 1 saturated heterocycles. The van der Waals surface area contributed by atoms with Crippen LogP contribution in [0.1, 0.15) is 29.6 Å². The number of amides is 1. The molecule has 9 heteroatoms. The van der Waals surface area contributed by atoms with Crippen molar-refractivity contribution in [1.82, 2.24) is 10.6 Å². The number of ether oxygens (including phenoxy) is 3. The summed E-state index contributed by atoms with van der Waals surface area (Å²) in [6.45, 7) is -0.454. The van der Waals surface area contributed by atoms with Gasteiger partial charge in [0.2, 0.25) is 5.75 Å². The highest BCUT2D eigenvalue weighted by molar-refractivity contribution is 5.95. The van der Waals surface area contributed by atoms with Gasteiger partial charge in [0.25, 0.3) is 5.91 Å². The second-order valence-corrected chi connectivity index (χ2v) is 5.85. The molecule has 0 spiro atoms. The fourth-order valence-corrected chi connectivity index (χ4v) is 2.88. The quantitative estimate of drug-likeness (QED) is 0.709. The predicted octanol–water partition coefficient (Wildman–Crippen LogP) is 2.85. The maximum Gasteiger partial charge on any atom is 0.387 e. The lowest BCUT2D eigenvalue weighted by atomic mass is 9.96. The number of hydrogen-bond acceptors (Lipinski definition) is 5. The van der Waals surface area contributed by atoms with Gasteiger partial charge in [0.15, 0.2) is 11.5 Å². The summed E-state index contributed by atoms with van der Waals surface area (Å²) in [7, 11) is 2.62. The number of rotatable bonds is 8. The number of piperidine rings is 1. The maximum atomic E-state index is 12.5. The normalized spacial score (nSPS) is 16.6. The Balaban J connectivity index is 0.00000338. The summed E-state index contributed by atoms with van der Waals surface area (Å²) in [5.41, 5.74) is 0.261. The van der Waals surface area contributed by atoms with Crippen LogP contribution in [0.3, 0.4) is 0 Å². The number of nitrogens with one attached hydrogen (secondary N) is 2. The van der Waals surface area contributed by atoms with Gasteiger partial charge in [-0.1, -0.05) is 0 Å². The molecule has 0 radical (unpaired) electrons. The van der Waals surface area contributed by atoms with Gasteiger partial charge in [0.1, 0.15) is 0 Å². The minimum Gasteiger partial charge on any atom is -0.493 e. The molecule has 1 aliphatic heterocycles. The first-order chi connectivity index (χ1) is 12.0. The summed E-state index contributed by atoms with van der Waals surface area (Å²) in [5.74, 6) is 0.0382. The van der Waals surface area contributed by atoms with E-state index in [0.29, 0.717) is 12.5 Å². The minimum atomic E-state index is -3.02. The fourth-order valence-electron chi connectivity index (χ4n) is 2.88. The van der Waals surface area contributed by atoms with Gasteiger partial charge in [0, 0.05) is 12.1 Å². The molecular weight excluding hydrogens is 370 g/mol. The van der Waals surface area contributed by atoms with Gasteiger partial charge in [-0.05, 0) is 50.4 Å². The largest absolute Gasteiger partial charge is 0.493 e. The molecule has 1 unspecified atom stereocenters. The molecule has 1 atom stereocenters. The standard InChI is InChI=1S/C17H24F2N2O4.ClH/c1-23-13-8-12(9-14(24-2)15(13)25-17(18)19)16(22)21-7-5-11-4-3-6-20-10-11;/h8-9,11,17,20H,3-7,10H2,1-2H3,(H,21,22);1H. The molecule has 26 heavy (non-hydrogen) atoms. The molecule has 1 aromatic rings. The Morgan fingerprint density at radius 3 is 2.46 bits per heavy atom. The number of benzene rings is 1. The van der Waals surface area contributed by atoms with Crippen LogP contribution in [0, 0.1) is 5.92 Å². The zero-order valence-corrected chi connectivity index (χ0v) is 15.7. The van der Waals surface area contributed by atoms with Crippen LogP contribution in [-0.2, 0) is 0 Å². The molecule has 148 valence electrons. The molecular formula is C17H25ClF2N2O4. The number of carbonyl (C=O) groups is 1. The first kappa shape index (κ1) is 22.2. The number of methoxy groups -OCH3 is 2. The van der Waals surface area contributed by atoms with E-state index in [0.717, 1.165) is 32.4 Å². The number of alkyl halides is 2. The van der Waals surface area contributed by atoms with E-state index < -0.39 is 6.61 Å². The second kappa shape index (κ2) is 11.0. The van der Waals surface area contributed by atoms with Gasteiger partial charge in [-0.25, -0.2) is 0 Å². The van der Waals surface area contributed by atoms with Crippen LogP contribution in [0.15, 0.2) is 12.1 Å². The van der Waals surface area contributed by atoms with Crippen molar-refractivity contribution in [2.75, 3.05) is 33.9 Å². The Labute approximate surface area is 158 Å². The highest BCUT2D eigenvalue weighted by Gasteiger charge is 2.20. The van der Waals surface area contributed by atoms with E-state index >= 15 is 0 Å². The van der Waals surface area contributed by atoms with E-state index in [2.05, 4.69) is 15.4 Å². The van der Waals surface area contributed by atoms with Crippen molar-refractivity contribution in [3.05, 3.63) is 17.7 Å². The molecule has 1 aromatic carbocycles. The van der Waals surface area contributed by atoms with Gasteiger partial charge in [0.05, 0.1) is 14.2 Å². The number of carbonyl (C=O) groups excluding carboxylic acids is 1. The zero-order valence-electron chi connectivity index (χ0n) is 14.8. The summed E-state index contributed by atoms with van der Waals surface area (Å²) < 4.78 is 39.6. The first-order valence-electron chi connectivity index (χ1n) is 8.25. The molecule has 2 rings (SSSR count). The highest BCUT2D eigenvalue weighted by atomic mass is 35.5. The minimum absolute atomic E-state index is 0. The molecule has 1 fully saturated rings. The van der Waals surface area contributed by atoms with E-state index in [1.54, 1.807) is 0 Å². The van der Waals surface area contributed by atoms with Crippen molar-refractivity contribution in [2.24, 2.45) is 5.92 Å². The molecule has 0 aliphatic carbocycles. The van der Waals surface area contributed by atoms with Crippen molar-refractivity contribution in [3.8, 4) is 17.2 Å². The fraction of sp³-hybridized carbons (Fsp3) is 0.588. The van der Waals surface area contributed by atoms with Crippen molar-refractivity contribution < 1.29 is 27.8 Å². The Bertz CT molecular complexity index is 559. The van der Waals surface area contributed by atoms with Gasteiger partial charge in [-0.15, -0.1) is 12.4 Å². The van der Waals surface area contributed by atoms with Crippen molar-refractivity contribution in [1.29, 1.82) is 0 Å². The summed E-state index contributed by atoms with van der Waals surface area (Å²) in [6.07, 6.45) is 3.20. The van der Waals surface area contributed by atoms with Gasteiger partial charge in [-0.3, -0.25) is 4.79 Å². The average molecular weight is 395 g/mol. The van der Waals surface area contributed by atoms with E-state index in [-0.39, 0.29) is 41.1 Å². The zero-order chi connectivity index (χ0) is 18.2. The van der Waals surface area contributed by atoms with Crippen LogP contribution in [-0.4, -0.2) is 46.4 Å². The van der Waals surface area contributed by atoms with Crippen molar-refractivity contribution >= 4 is 18.3 Å². The molecule has 0 aromatic heterocycles. The van der Waals surface area contributed by atoms with Gasteiger partial charge >= 0.3 is 6.61 Å². The third-order valence-electron chi connectivity index (χ3n) is 4.17. The summed E-state index contributed by atoms with van der Waals surface area (Å²) in [4.78, 5) is 12.3. The van der Waals surface area contributed by atoms with Crippen LogP contribution in [0.25, 0.3) is 0 Å². The Kier molecular flexibility index (Phi) is 9.43. The first-order valence-corrected chi connectivity index (χ1v) is 8.25. The molecule has 6 nitrogen and oxygen atoms in total. The lowest BCUT2D eigenvalue weighted by Crippen LogP contribution is -2.33. The van der Waals surface area contributed by atoms with E-state index in [1.165, 1.54) is 26.4 Å². The third kappa shape index (κ3) is 6.17. The Hall–Kier alpha value is -1.80. The van der Waals surface area contributed by atoms with Gasteiger partial charge in [-0.2, -0.15) is 8.78 Å². The molecule has 1 amide bonds. The maximum absolute atomic E-state index is 12.5. The molecule has 2 N–H and O–H groups in total. The predicted molar refractivity (Wildman–Crippen MR) is 96.0 cm³/mol. The molecule has 0 bridgehead atoms. The Morgan fingerprint density at radius 2 is 1.96 bits per heavy atom. The molecule has 0 saturated carbocycles. The SMILES string of the molecule is COc1cc(C(=O)NCCC2CCCNC2)cc(OC)c1OC(F)F.Cl. The second-order valence-electron chi connectivity index (χ2n) is 5.85. The van der Waals surface area contributed by atoms with E-state index in [1.807, 2.05) is 0 Å². The van der Waals surface area contributed by atoms with Crippen LogP contribution in [0.2, 0.25) is 0 Å². The Morgan fingerprint density at radius 1 is 1.31 bits per heavy atom. The highest BCUT2D eigenvalue weighted by Crippen LogP contribution is 2.39. The van der Waals surface area contributed by atoms with Crippen LogP contribution in [0.4, 0.5) is 8.78 Å². The lowest BCUT2D eigenvalue weighted by Gasteiger charge is -2.22. The van der Waals surface area contributed by atoms with E-state index in [9.17, 15) is 13.6 Å². The summed E-state index contributed by atoms with van der Waals surface area (Å²) >= 11 is 0. The molecule has 1 aliphatic rings. The number of hydrogen-bond donors (Lipinski definition) is 2. The lowest BCUT2D eigenvalue weighted by molar-refractivity contribution is -0.0526. The van der Waals surface area contributed by atoms with Crippen molar-refractivity contribution in [2.45, 2.75) is 25.9 Å². The number of halogens is 3. The van der Waals surface area contributed by atoms with E-state index in [4.69, 9.17) is 9.47 Å². The third-order valence-corrected chi connectivity index (χ3v) is 4.17. The summed E-state index contributed by atoms with van der Waals surface area (Å²) in [6, 6.07) is 2.72. The van der Waals surface area contributed by atoms with Crippen molar-refractivity contribution in [3.63, 3.8) is 0 Å². The topological polar surface area (TPSA) is 68.8 Å². The van der Waals surface area contributed by atoms with Crippen LogP contribution < -0.4 is 24.8 Å². The smallest absolute Gasteiger partial charge is 0.387 e. The monoisotopic (exact) mass is 394 g/mol. The average Bonchev–Trinajstić information content (AvgIpc) is 2.62. The van der Waals surface area contributed by atoms with Crippen LogP contribution in [0.5, 0.6) is 17.2 Å². The molecule has 1 heterocycles. The summed E-state index contributed by atoms with van der Waals surface area (Å²) in [5, 5.41) is 6.18. The van der Waals surface area contributed by atoms with Crippen LogP contribution >= 0.6 is 12.4 Å². The van der Waals surface area contributed by atoms with Gasteiger partial charge < -0.3 is 24.8 Å².